The molecule has 342 valence electrons. The van der Waals surface area contributed by atoms with E-state index in [2.05, 4.69) is 32.9 Å². The normalized spacial score (nSPS) is 12.0. The Labute approximate surface area is 360 Å². The summed E-state index contributed by atoms with van der Waals surface area (Å²) in [7, 11) is 0. The molecule has 0 N–H and O–H groups in total. The molecule has 0 fully saturated rings. The second-order valence-corrected chi connectivity index (χ2v) is 17.4. The number of ether oxygens (including phenoxy) is 3. The van der Waals surface area contributed by atoms with Crippen molar-refractivity contribution in [3.63, 3.8) is 0 Å². The van der Waals surface area contributed by atoms with Gasteiger partial charge in [-0.25, -0.2) is 0 Å². The number of carbonyl (C=O) groups excluding carboxylic acids is 3. The summed E-state index contributed by atoms with van der Waals surface area (Å²) in [6, 6.07) is 0. The standard InChI is InChI=1S/C52H98O6/c1-4-7-10-13-16-19-22-25-28-30-33-36-39-42-45-51(54)57-48-49(58-52(55)46-43-40-37-34-31-27-24-21-18-15-12-9-6-3)47-56-50(53)44-41-38-35-32-29-26-23-20-17-14-11-8-5-2/h22,25,49H,4-21,23-24,26-48H2,1-3H3. The number of allylic oxidation sites excluding steroid dienone is 2. The van der Waals surface area contributed by atoms with Crippen LogP contribution < -0.4 is 0 Å². The molecule has 0 radical (unpaired) electrons. The van der Waals surface area contributed by atoms with Crippen LogP contribution in [0.2, 0.25) is 0 Å². The van der Waals surface area contributed by atoms with Crippen LogP contribution in [0.5, 0.6) is 0 Å². The van der Waals surface area contributed by atoms with Gasteiger partial charge in [-0.3, -0.25) is 14.4 Å². The summed E-state index contributed by atoms with van der Waals surface area (Å²) in [5.41, 5.74) is 0. The highest BCUT2D eigenvalue weighted by molar-refractivity contribution is 5.71. The van der Waals surface area contributed by atoms with Crippen molar-refractivity contribution < 1.29 is 28.6 Å². The maximum Gasteiger partial charge on any atom is 0.306 e. The van der Waals surface area contributed by atoms with E-state index in [1.807, 2.05) is 0 Å². The van der Waals surface area contributed by atoms with E-state index >= 15 is 0 Å². The van der Waals surface area contributed by atoms with E-state index in [9.17, 15) is 14.4 Å². The number of hydrogen-bond acceptors (Lipinski definition) is 6. The molecule has 0 aromatic rings. The van der Waals surface area contributed by atoms with Crippen molar-refractivity contribution in [3.8, 4) is 0 Å². The summed E-state index contributed by atoms with van der Waals surface area (Å²) in [6.07, 6.45) is 51.9. The van der Waals surface area contributed by atoms with Crippen LogP contribution in [0.3, 0.4) is 0 Å². The maximum atomic E-state index is 12.8. The minimum absolute atomic E-state index is 0.0673. The highest BCUT2D eigenvalue weighted by Crippen LogP contribution is 2.16. The lowest BCUT2D eigenvalue weighted by Gasteiger charge is -2.18. The van der Waals surface area contributed by atoms with Crippen molar-refractivity contribution in [2.45, 2.75) is 290 Å². The zero-order valence-electron chi connectivity index (χ0n) is 39.1. The number of hydrogen-bond donors (Lipinski definition) is 0. The van der Waals surface area contributed by atoms with Gasteiger partial charge in [0.2, 0.25) is 0 Å². The summed E-state index contributed by atoms with van der Waals surface area (Å²) in [6.45, 7) is 6.65. The third kappa shape index (κ3) is 45.2. The highest BCUT2D eigenvalue weighted by atomic mass is 16.6. The summed E-state index contributed by atoms with van der Waals surface area (Å²) >= 11 is 0. The van der Waals surface area contributed by atoms with E-state index < -0.39 is 6.10 Å². The fraction of sp³-hybridized carbons (Fsp3) is 0.904. The lowest BCUT2D eigenvalue weighted by Crippen LogP contribution is -2.30. The molecule has 0 aliphatic carbocycles. The topological polar surface area (TPSA) is 78.9 Å². The zero-order valence-corrected chi connectivity index (χ0v) is 39.1. The second kappa shape index (κ2) is 47.8. The average Bonchev–Trinajstić information content (AvgIpc) is 3.22. The first-order chi connectivity index (χ1) is 28.5. The van der Waals surface area contributed by atoms with Crippen LogP contribution in [-0.2, 0) is 28.6 Å². The van der Waals surface area contributed by atoms with Crippen LogP contribution >= 0.6 is 0 Å². The van der Waals surface area contributed by atoms with E-state index in [0.29, 0.717) is 19.3 Å². The molecule has 0 aliphatic heterocycles. The van der Waals surface area contributed by atoms with E-state index in [1.54, 1.807) is 0 Å². The molecule has 58 heavy (non-hydrogen) atoms. The van der Waals surface area contributed by atoms with Crippen molar-refractivity contribution in [2.24, 2.45) is 0 Å². The van der Waals surface area contributed by atoms with Gasteiger partial charge < -0.3 is 14.2 Å². The molecule has 6 nitrogen and oxygen atoms in total. The number of unbranched alkanes of at least 4 members (excludes halogenated alkanes) is 34. The molecule has 0 rings (SSSR count). The van der Waals surface area contributed by atoms with Crippen molar-refractivity contribution in [3.05, 3.63) is 12.2 Å². The van der Waals surface area contributed by atoms with Gasteiger partial charge in [-0.2, -0.15) is 0 Å². The van der Waals surface area contributed by atoms with Crippen LogP contribution in [0.15, 0.2) is 12.2 Å². The molecule has 1 unspecified atom stereocenters. The van der Waals surface area contributed by atoms with Gasteiger partial charge in [-0.1, -0.05) is 232 Å². The smallest absolute Gasteiger partial charge is 0.306 e. The molecule has 0 saturated heterocycles. The van der Waals surface area contributed by atoms with Gasteiger partial charge in [0.1, 0.15) is 13.2 Å². The molecule has 1 atom stereocenters. The lowest BCUT2D eigenvalue weighted by atomic mass is 10.0. The SMILES string of the molecule is CCCCCCCC=CCCCCCCCC(=O)OCC(COC(=O)CCCCCCCCCCCCCCC)OC(=O)CCCCCCCCCCCCCCC. The molecule has 0 heterocycles. The first kappa shape index (κ1) is 56.1. The first-order valence-electron chi connectivity index (χ1n) is 25.7. The molecule has 0 aliphatic rings. The van der Waals surface area contributed by atoms with Gasteiger partial charge in [-0.05, 0) is 44.9 Å². The monoisotopic (exact) mass is 819 g/mol. The van der Waals surface area contributed by atoms with E-state index in [1.165, 1.54) is 180 Å². The fourth-order valence-corrected chi connectivity index (χ4v) is 7.61. The number of carbonyl (C=O) groups is 3. The van der Waals surface area contributed by atoms with Crippen LogP contribution in [-0.4, -0.2) is 37.2 Å². The largest absolute Gasteiger partial charge is 0.462 e. The Morgan fingerprint density at radius 3 is 0.862 bits per heavy atom. The molecular weight excluding hydrogens is 721 g/mol. The van der Waals surface area contributed by atoms with E-state index in [4.69, 9.17) is 14.2 Å². The molecule has 0 aromatic carbocycles. The Kier molecular flexibility index (Phi) is 46.3. The minimum Gasteiger partial charge on any atom is -0.462 e. The van der Waals surface area contributed by atoms with Gasteiger partial charge in [0.05, 0.1) is 0 Å². The Morgan fingerprint density at radius 1 is 0.328 bits per heavy atom. The summed E-state index contributed by atoms with van der Waals surface area (Å²) in [5, 5.41) is 0. The third-order valence-corrected chi connectivity index (χ3v) is 11.5. The van der Waals surface area contributed by atoms with Crippen molar-refractivity contribution >= 4 is 17.9 Å². The molecule has 0 aromatic heterocycles. The Balaban J connectivity index is 4.34. The van der Waals surface area contributed by atoms with Crippen LogP contribution in [0.4, 0.5) is 0 Å². The van der Waals surface area contributed by atoms with Gasteiger partial charge >= 0.3 is 17.9 Å². The van der Waals surface area contributed by atoms with Crippen LogP contribution in [0.25, 0.3) is 0 Å². The summed E-state index contributed by atoms with van der Waals surface area (Å²) in [4.78, 5) is 37.9. The van der Waals surface area contributed by atoms with Crippen LogP contribution in [0.1, 0.15) is 284 Å². The molecule has 0 saturated carbocycles. The quantitative estimate of drug-likeness (QED) is 0.0263. The van der Waals surface area contributed by atoms with Gasteiger partial charge in [0, 0.05) is 19.3 Å². The number of esters is 3. The minimum atomic E-state index is -0.765. The fourth-order valence-electron chi connectivity index (χ4n) is 7.61. The van der Waals surface area contributed by atoms with Crippen LogP contribution in [0, 0.1) is 0 Å². The predicted octanol–water partition coefficient (Wildman–Crippen LogP) is 16.6. The molecular formula is C52H98O6. The van der Waals surface area contributed by atoms with Gasteiger partial charge in [0.15, 0.2) is 6.10 Å². The molecule has 0 bridgehead atoms. The third-order valence-electron chi connectivity index (χ3n) is 11.5. The Morgan fingerprint density at radius 2 is 0.569 bits per heavy atom. The predicted molar refractivity (Wildman–Crippen MR) is 247 cm³/mol. The Hall–Kier alpha value is -1.85. The molecule has 0 amide bonds. The van der Waals surface area contributed by atoms with Crippen molar-refractivity contribution in [1.82, 2.24) is 0 Å². The molecule has 6 heteroatoms. The average molecular weight is 819 g/mol. The van der Waals surface area contributed by atoms with Gasteiger partial charge in [0.25, 0.3) is 0 Å². The Bertz CT molecular complexity index is 900. The number of rotatable bonds is 47. The lowest BCUT2D eigenvalue weighted by molar-refractivity contribution is -0.167. The molecule has 0 spiro atoms. The van der Waals surface area contributed by atoms with E-state index in [-0.39, 0.29) is 31.1 Å². The maximum absolute atomic E-state index is 12.8. The van der Waals surface area contributed by atoms with Gasteiger partial charge in [-0.15, -0.1) is 0 Å². The zero-order chi connectivity index (χ0) is 42.3. The van der Waals surface area contributed by atoms with Crippen molar-refractivity contribution in [2.75, 3.05) is 13.2 Å². The summed E-state index contributed by atoms with van der Waals surface area (Å²) < 4.78 is 16.8. The van der Waals surface area contributed by atoms with E-state index in [0.717, 1.165) is 64.2 Å². The highest BCUT2D eigenvalue weighted by Gasteiger charge is 2.19. The second-order valence-electron chi connectivity index (χ2n) is 17.4. The first-order valence-corrected chi connectivity index (χ1v) is 25.7. The summed E-state index contributed by atoms with van der Waals surface area (Å²) in [5.74, 6) is -0.860. The van der Waals surface area contributed by atoms with Crippen molar-refractivity contribution in [1.29, 1.82) is 0 Å².